The minimum Gasteiger partial charge on any atom is -0.382 e. The average molecular weight is 261 g/mol. The van der Waals surface area contributed by atoms with Gasteiger partial charge in [-0.3, -0.25) is 0 Å². The van der Waals surface area contributed by atoms with Crippen LogP contribution in [0.5, 0.6) is 0 Å². The van der Waals surface area contributed by atoms with Crippen molar-refractivity contribution in [1.29, 1.82) is 0 Å². The zero-order chi connectivity index (χ0) is 12.2. The molecule has 2 fully saturated rings. The van der Waals surface area contributed by atoms with Gasteiger partial charge in [-0.15, -0.1) is 11.8 Å². The van der Waals surface area contributed by atoms with Gasteiger partial charge in [0, 0.05) is 21.9 Å². The van der Waals surface area contributed by atoms with Crippen LogP contribution in [0.1, 0.15) is 51.4 Å². The molecule has 1 aromatic rings. The Hall–Kier alpha value is -0.630. The first kappa shape index (κ1) is 12.4. The van der Waals surface area contributed by atoms with E-state index < -0.39 is 0 Å². The number of thioether (sulfide) groups is 1. The number of rotatable bonds is 4. The van der Waals surface area contributed by atoms with Gasteiger partial charge in [0.15, 0.2) is 0 Å². The number of nitrogens with one attached hydrogen (secondary N) is 1. The Bertz CT molecular complexity index is 324. The van der Waals surface area contributed by atoms with Crippen LogP contribution in [0.25, 0.3) is 0 Å². The zero-order valence-corrected chi connectivity index (χ0v) is 11.8. The van der Waals surface area contributed by atoms with Crippen LogP contribution in [0, 0.1) is 0 Å². The molecule has 0 saturated heterocycles. The summed E-state index contributed by atoms with van der Waals surface area (Å²) in [5.74, 6) is 0. The van der Waals surface area contributed by atoms with E-state index in [0.29, 0.717) is 0 Å². The molecule has 0 unspecified atom stereocenters. The molecule has 0 atom stereocenters. The van der Waals surface area contributed by atoms with Crippen molar-refractivity contribution in [2.45, 2.75) is 67.6 Å². The Labute approximate surface area is 115 Å². The third-order valence-corrected chi connectivity index (χ3v) is 5.53. The first-order chi connectivity index (χ1) is 8.90. The van der Waals surface area contributed by atoms with Gasteiger partial charge in [-0.05, 0) is 49.9 Å². The molecule has 2 heteroatoms. The van der Waals surface area contributed by atoms with Gasteiger partial charge in [0.2, 0.25) is 0 Å². The van der Waals surface area contributed by atoms with Gasteiger partial charge < -0.3 is 5.32 Å². The summed E-state index contributed by atoms with van der Waals surface area (Å²) in [7, 11) is 0. The van der Waals surface area contributed by atoms with E-state index in [1.54, 1.807) is 0 Å². The predicted molar refractivity (Wildman–Crippen MR) is 80.4 cm³/mol. The van der Waals surface area contributed by atoms with E-state index in [2.05, 4.69) is 41.3 Å². The Morgan fingerprint density at radius 2 is 1.44 bits per heavy atom. The lowest BCUT2D eigenvalue weighted by Crippen LogP contribution is -2.14. The summed E-state index contributed by atoms with van der Waals surface area (Å²) in [6.45, 7) is 0. The van der Waals surface area contributed by atoms with Gasteiger partial charge >= 0.3 is 0 Å². The summed E-state index contributed by atoms with van der Waals surface area (Å²) in [5, 5.41) is 4.53. The molecule has 0 heterocycles. The molecule has 3 rings (SSSR count). The molecule has 1 nitrogen and oxygen atoms in total. The maximum Gasteiger partial charge on any atom is 0.0343 e. The molecule has 1 aromatic carbocycles. The number of hydrogen-bond donors (Lipinski definition) is 1. The molecule has 2 aliphatic carbocycles. The van der Waals surface area contributed by atoms with E-state index >= 15 is 0 Å². The predicted octanol–water partition coefficient (Wildman–Crippen LogP) is 5.08. The first-order valence-electron chi connectivity index (χ1n) is 7.43. The number of benzene rings is 1. The fourth-order valence-electron chi connectivity index (χ4n) is 3.13. The van der Waals surface area contributed by atoms with Crippen LogP contribution < -0.4 is 5.32 Å². The molecular weight excluding hydrogens is 238 g/mol. The maximum atomic E-state index is 3.65. The Morgan fingerprint density at radius 3 is 2.11 bits per heavy atom. The summed E-state index contributed by atoms with van der Waals surface area (Å²) in [5.41, 5.74) is 1.30. The largest absolute Gasteiger partial charge is 0.382 e. The molecule has 0 spiro atoms. The van der Waals surface area contributed by atoms with Crippen LogP contribution in [-0.4, -0.2) is 11.3 Å². The van der Waals surface area contributed by atoms with Crippen molar-refractivity contribution in [1.82, 2.24) is 0 Å². The van der Waals surface area contributed by atoms with E-state index in [4.69, 9.17) is 0 Å². The van der Waals surface area contributed by atoms with E-state index in [1.165, 1.54) is 61.9 Å². The molecule has 0 aromatic heterocycles. The molecule has 0 aliphatic heterocycles. The van der Waals surface area contributed by atoms with Crippen molar-refractivity contribution in [2.24, 2.45) is 0 Å². The lowest BCUT2D eigenvalue weighted by molar-refractivity contribution is 0.755. The lowest BCUT2D eigenvalue weighted by Gasteiger charge is -2.14. The Balaban J connectivity index is 1.54. The second-order valence-corrected chi connectivity index (χ2v) is 7.05. The summed E-state index contributed by atoms with van der Waals surface area (Å²) in [4.78, 5) is 1.44. The highest BCUT2D eigenvalue weighted by molar-refractivity contribution is 8.00. The molecule has 98 valence electrons. The first-order valence-corrected chi connectivity index (χ1v) is 8.31. The molecule has 2 saturated carbocycles. The van der Waals surface area contributed by atoms with Gasteiger partial charge in [0.25, 0.3) is 0 Å². The molecule has 0 amide bonds. The second kappa shape index (κ2) is 6.01. The van der Waals surface area contributed by atoms with Crippen LogP contribution in [0.3, 0.4) is 0 Å². The third kappa shape index (κ3) is 3.23. The van der Waals surface area contributed by atoms with E-state index in [-0.39, 0.29) is 0 Å². The van der Waals surface area contributed by atoms with Crippen LogP contribution >= 0.6 is 11.8 Å². The number of hydrogen-bond acceptors (Lipinski definition) is 2. The highest BCUT2D eigenvalue weighted by atomic mass is 32.2. The average Bonchev–Trinajstić information content (AvgIpc) is 3.05. The summed E-state index contributed by atoms with van der Waals surface area (Å²) in [6, 6.07) is 9.82. The van der Waals surface area contributed by atoms with Crippen LogP contribution in [0.4, 0.5) is 5.69 Å². The van der Waals surface area contributed by atoms with Crippen molar-refractivity contribution in [2.75, 3.05) is 5.32 Å². The fourth-order valence-corrected chi connectivity index (χ4v) is 4.38. The van der Waals surface area contributed by atoms with Crippen molar-refractivity contribution in [3.8, 4) is 0 Å². The van der Waals surface area contributed by atoms with E-state index in [1.807, 2.05) is 0 Å². The van der Waals surface area contributed by atoms with E-state index in [0.717, 1.165) is 11.3 Å². The maximum absolute atomic E-state index is 3.65. The van der Waals surface area contributed by atoms with Crippen molar-refractivity contribution in [3.63, 3.8) is 0 Å². The van der Waals surface area contributed by atoms with Gasteiger partial charge in [0.05, 0.1) is 0 Å². The smallest absolute Gasteiger partial charge is 0.0343 e. The number of anilines is 1. The van der Waals surface area contributed by atoms with Gasteiger partial charge in [-0.1, -0.05) is 25.7 Å². The second-order valence-electron chi connectivity index (χ2n) is 5.67. The molecule has 2 aliphatic rings. The van der Waals surface area contributed by atoms with Gasteiger partial charge in [0.1, 0.15) is 0 Å². The standard InChI is InChI=1S/C16H23NS/c1-2-6-13(5-1)17-14-9-11-16(12-10-14)18-15-7-3-4-8-15/h9-13,15,17H,1-8H2. The Morgan fingerprint density at radius 1 is 0.833 bits per heavy atom. The third-order valence-electron chi connectivity index (χ3n) is 4.19. The monoisotopic (exact) mass is 261 g/mol. The normalized spacial score (nSPS) is 21.6. The van der Waals surface area contributed by atoms with Crippen molar-refractivity contribution in [3.05, 3.63) is 24.3 Å². The SMILES string of the molecule is c1cc(SC2CCCC2)ccc1NC1CCCC1. The minimum atomic E-state index is 0.721. The highest BCUT2D eigenvalue weighted by Gasteiger charge is 2.16. The molecule has 0 radical (unpaired) electrons. The fraction of sp³-hybridized carbons (Fsp3) is 0.625. The summed E-state index contributed by atoms with van der Waals surface area (Å²) >= 11 is 2.07. The van der Waals surface area contributed by atoms with Crippen LogP contribution in [0.2, 0.25) is 0 Å². The van der Waals surface area contributed by atoms with Gasteiger partial charge in [-0.25, -0.2) is 0 Å². The molecule has 1 N–H and O–H groups in total. The van der Waals surface area contributed by atoms with Crippen molar-refractivity contribution >= 4 is 17.4 Å². The summed E-state index contributed by atoms with van der Waals surface area (Å²) < 4.78 is 0. The molecule has 0 bridgehead atoms. The van der Waals surface area contributed by atoms with Crippen LogP contribution in [0.15, 0.2) is 29.2 Å². The van der Waals surface area contributed by atoms with Crippen molar-refractivity contribution < 1.29 is 0 Å². The Kier molecular flexibility index (Phi) is 4.14. The summed E-state index contributed by atoms with van der Waals surface area (Å²) in [6.07, 6.45) is 11.2. The topological polar surface area (TPSA) is 12.0 Å². The lowest BCUT2D eigenvalue weighted by atomic mass is 10.2. The molecule has 18 heavy (non-hydrogen) atoms. The quantitative estimate of drug-likeness (QED) is 0.811. The highest BCUT2D eigenvalue weighted by Crippen LogP contribution is 2.35. The molecular formula is C16H23NS. The van der Waals surface area contributed by atoms with Gasteiger partial charge in [-0.2, -0.15) is 0 Å². The van der Waals surface area contributed by atoms with E-state index in [9.17, 15) is 0 Å². The van der Waals surface area contributed by atoms with Crippen LogP contribution in [-0.2, 0) is 0 Å². The zero-order valence-electron chi connectivity index (χ0n) is 11.0. The minimum absolute atomic E-state index is 0.721.